The largest absolute Gasteiger partial charge is 0.497 e. The number of aryl methyl sites for hydroxylation is 1. The minimum absolute atomic E-state index is 0.121. The molecule has 0 bridgehead atoms. The number of rotatable bonds is 9. The van der Waals surface area contributed by atoms with Crippen molar-refractivity contribution in [1.82, 2.24) is 10.2 Å². The molecule has 1 fully saturated rings. The molecule has 1 atom stereocenters. The van der Waals surface area contributed by atoms with Crippen LogP contribution in [0.1, 0.15) is 43.7 Å². The standard InChI is InChI=1S/C25H32N2O4/c1-18-8-12-23(13-9-18)31-17-24(28)27(16-20-10-14-22(30-3)15-11-20)19(2)25(29)26-21-6-4-5-7-21/h8-15,19,21H,4-7,16-17H2,1-3H3,(H,26,29)/t19-/m1/s1. The lowest BCUT2D eigenvalue weighted by Gasteiger charge is -2.29. The van der Waals surface area contributed by atoms with Crippen molar-refractivity contribution in [3.8, 4) is 11.5 Å². The molecule has 1 aliphatic carbocycles. The van der Waals surface area contributed by atoms with E-state index in [1.54, 1.807) is 18.9 Å². The van der Waals surface area contributed by atoms with E-state index in [4.69, 9.17) is 9.47 Å². The molecule has 0 aliphatic heterocycles. The maximum Gasteiger partial charge on any atom is 0.261 e. The Kier molecular flexibility index (Phi) is 7.93. The number of nitrogens with zero attached hydrogens (tertiary/aromatic N) is 1. The Bertz CT molecular complexity index is 858. The fraction of sp³-hybridized carbons (Fsp3) is 0.440. The number of ether oxygens (including phenoxy) is 2. The highest BCUT2D eigenvalue weighted by atomic mass is 16.5. The van der Waals surface area contributed by atoms with Crippen LogP contribution in [0.25, 0.3) is 0 Å². The average Bonchev–Trinajstić information content (AvgIpc) is 3.30. The van der Waals surface area contributed by atoms with Gasteiger partial charge in [0.05, 0.1) is 7.11 Å². The molecule has 0 unspecified atom stereocenters. The van der Waals surface area contributed by atoms with E-state index < -0.39 is 6.04 Å². The van der Waals surface area contributed by atoms with Crippen LogP contribution in [0, 0.1) is 6.92 Å². The number of amides is 2. The van der Waals surface area contributed by atoms with Gasteiger partial charge in [-0.3, -0.25) is 9.59 Å². The van der Waals surface area contributed by atoms with Gasteiger partial charge in [-0.1, -0.05) is 42.7 Å². The van der Waals surface area contributed by atoms with Crippen molar-refractivity contribution in [2.45, 2.75) is 58.2 Å². The molecular formula is C25H32N2O4. The van der Waals surface area contributed by atoms with E-state index in [-0.39, 0.29) is 24.5 Å². The summed E-state index contributed by atoms with van der Waals surface area (Å²) in [6, 6.07) is 14.7. The van der Waals surface area contributed by atoms with E-state index in [0.717, 1.165) is 42.6 Å². The number of benzene rings is 2. The fourth-order valence-electron chi connectivity index (χ4n) is 3.76. The highest BCUT2D eigenvalue weighted by Gasteiger charge is 2.28. The van der Waals surface area contributed by atoms with E-state index in [1.807, 2.05) is 55.5 Å². The molecule has 0 saturated heterocycles. The quantitative estimate of drug-likeness (QED) is 0.664. The van der Waals surface area contributed by atoms with Crippen molar-refractivity contribution in [1.29, 1.82) is 0 Å². The molecule has 0 radical (unpaired) electrons. The predicted octanol–water partition coefficient (Wildman–Crippen LogP) is 3.86. The van der Waals surface area contributed by atoms with E-state index in [9.17, 15) is 9.59 Å². The molecule has 6 nitrogen and oxygen atoms in total. The Morgan fingerprint density at radius 2 is 1.65 bits per heavy atom. The number of carbonyl (C=O) groups is 2. The van der Waals surface area contributed by atoms with Crippen molar-refractivity contribution >= 4 is 11.8 Å². The maximum absolute atomic E-state index is 13.1. The first-order valence-electron chi connectivity index (χ1n) is 10.9. The van der Waals surface area contributed by atoms with Gasteiger partial charge in [0.1, 0.15) is 17.5 Å². The summed E-state index contributed by atoms with van der Waals surface area (Å²) >= 11 is 0. The average molecular weight is 425 g/mol. The van der Waals surface area contributed by atoms with Crippen LogP contribution in [0.15, 0.2) is 48.5 Å². The van der Waals surface area contributed by atoms with Gasteiger partial charge in [-0.2, -0.15) is 0 Å². The zero-order valence-corrected chi connectivity index (χ0v) is 18.6. The lowest BCUT2D eigenvalue weighted by Crippen LogP contribution is -2.50. The smallest absolute Gasteiger partial charge is 0.261 e. The zero-order chi connectivity index (χ0) is 22.2. The molecule has 2 amide bonds. The molecule has 2 aromatic carbocycles. The minimum atomic E-state index is -0.600. The lowest BCUT2D eigenvalue weighted by atomic mass is 10.1. The molecule has 2 aromatic rings. The van der Waals surface area contributed by atoms with Crippen molar-refractivity contribution in [2.75, 3.05) is 13.7 Å². The first-order chi connectivity index (χ1) is 15.0. The van der Waals surface area contributed by atoms with Gasteiger partial charge in [0, 0.05) is 12.6 Å². The Balaban J connectivity index is 1.70. The number of methoxy groups -OCH3 is 1. The van der Waals surface area contributed by atoms with E-state index in [1.165, 1.54) is 0 Å². The van der Waals surface area contributed by atoms with Crippen LogP contribution < -0.4 is 14.8 Å². The van der Waals surface area contributed by atoms with E-state index in [0.29, 0.717) is 12.3 Å². The van der Waals surface area contributed by atoms with Gasteiger partial charge in [-0.15, -0.1) is 0 Å². The molecule has 0 heterocycles. The summed E-state index contributed by atoms with van der Waals surface area (Å²) in [7, 11) is 1.61. The van der Waals surface area contributed by atoms with Gasteiger partial charge in [-0.05, 0) is 56.5 Å². The van der Waals surface area contributed by atoms with Crippen LogP contribution in [0.2, 0.25) is 0 Å². The van der Waals surface area contributed by atoms with Crippen LogP contribution in [0.3, 0.4) is 0 Å². The van der Waals surface area contributed by atoms with Crippen LogP contribution in [-0.4, -0.2) is 42.5 Å². The number of carbonyl (C=O) groups excluding carboxylic acids is 2. The topological polar surface area (TPSA) is 67.9 Å². The molecule has 0 spiro atoms. The SMILES string of the molecule is COc1ccc(CN(C(=O)COc2ccc(C)cc2)[C@H](C)C(=O)NC2CCCC2)cc1. The first-order valence-corrected chi connectivity index (χ1v) is 10.9. The van der Waals surface area contributed by atoms with Crippen molar-refractivity contribution in [2.24, 2.45) is 0 Å². The van der Waals surface area contributed by atoms with E-state index >= 15 is 0 Å². The first kappa shape index (κ1) is 22.7. The highest BCUT2D eigenvalue weighted by Crippen LogP contribution is 2.19. The molecule has 6 heteroatoms. The maximum atomic E-state index is 13.1. The summed E-state index contributed by atoms with van der Waals surface area (Å²) in [6.07, 6.45) is 4.28. The molecular weight excluding hydrogens is 392 g/mol. The molecule has 31 heavy (non-hydrogen) atoms. The second-order valence-corrected chi connectivity index (χ2v) is 8.14. The van der Waals surface area contributed by atoms with Gasteiger partial charge in [0.2, 0.25) is 5.91 Å². The molecule has 3 rings (SSSR count). The Morgan fingerprint density at radius 3 is 2.26 bits per heavy atom. The highest BCUT2D eigenvalue weighted by molar-refractivity contribution is 5.88. The van der Waals surface area contributed by atoms with E-state index in [2.05, 4.69) is 5.32 Å². The summed E-state index contributed by atoms with van der Waals surface area (Å²) in [5.74, 6) is 1.03. The zero-order valence-electron chi connectivity index (χ0n) is 18.6. The minimum Gasteiger partial charge on any atom is -0.497 e. The monoisotopic (exact) mass is 424 g/mol. The van der Waals surface area contributed by atoms with Gasteiger partial charge in [-0.25, -0.2) is 0 Å². The van der Waals surface area contributed by atoms with Crippen LogP contribution >= 0.6 is 0 Å². The molecule has 1 aliphatic rings. The van der Waals surface area contributed by atoms with Crippen LogP contribution in [0.5, 0.6) is 11.5 Å². The number of hydrogen-bond donors (Lipinski definition) is 1. The van der Waals surface area contributed by atoms with Gasteiger partial charge < -0.3 is 19.7 Å². The summed E-state index contributed by atoms with van der Waals surface area (Å²) in [5, 5.41) is 3.10. The second-order valence-electron chi connectivity index (χ2n) is 8.14. The van der Waals surface area contributed by atoms with Gasteiger partial charge >= 0.3 is 0 Å². The third-order valence-electron chi connectivity index (χ3n) is 5.76. The molecule has 1 saturated carbocycles. The Morgan fingerprint density at radius 1 is 1.03 bits per heavy atom. The van der Waals surface area contributed by atoms with Crippen molar-refractivity contribution in [3.05, 3.63) is 59.7 Å². The summed E-state index contributed by atoms with van der Waals surface area (Å²) in [4.78, 5) is 27.6. The Hall–Kier alpha value is -3.02. The van der Waals surface area contributed by atoms with Gasteiger partial charge in [0.15, 0.2) is 6.61 Å². The van der Waals surface area contributed by atoms with Crippen molar-refractivity contribution < 1.29 is 19.1 Å². The summed E-state index contributed by atoms with van der Waals surface area (Å²) in [6.45, 7) is 3.97. The third kappa shape index (κ3) is 6.48. The molecule has 1 N–H and O–H groups in total. The number of nitrogens with one attached hydrogen (secondary N) is 1. The predicted molar refractivity (Wildman–Crippen MR) is 120 cm³/mol. The van der Waals surface area contributed by atoms with Crippen molar-refractivity contribution in [3.63, 3.8) is 0 Å². The Labute approximate surface area is 184 Å². The second kappa shape index (κ2) is 10.8. The summed E-state index contributed by atoms with van der Waals surface area (Å²) in [5.41, 5.74) is 2.04. The fourth-order valence-corrected chi connectivity index (χ4v) is 3.76. The lowest BCUT2D eigenvalue weighted by molar-refractivity contribution is -0.142. The normalized spacial score (nSPS) is 14.7. The molecule has 0 aromatic heterocycles. The van der Waals surface area contributed by atoms with Gasteiger partial charge in [0.25, 0.3) is 5.91 Å². The third-order valence-corrected chi connectivity index (χ3v) is 5.76. The summed E-state index contributed by atoms with van der Waals surface area (Å²) < 4.78 is 10.9. The van der Waals surface area contributed by atoms with Crippen LogP contribution in [-0.2, 0) is 16.1 Å². The van der Waals surface area contributed by atoms with Crippen LogP contribution in [0.4, 0.5) is 0 Å². The molecule has 166 valence electrons. The number of hydrogen-bond acceptors (Lipinski definition) is 4.